The van der Waals surface area contributed by atoms with Crippen molar-refractivity contribution in [2.45, 2.75) is 32.1 Å². The van der Waals surface area contributed by atoms with Crippen LogP contribution in [0.1, 0.15) is 27.2 Å². The summed E-state index contributed by atoms with van der Waals surface area (Å²) in [4.78, 5) is 4.08. The van der Waals surface area contributed by atoms with Crippen molar-refractivity contribution in [3.8, 4) is 0 Å². The van der Waals surface area contributed by atoms with E-state index in [0.29, 0.717) is 24.8 Å². The largest absolute Gasteiger partial charge is 0.384 e. The third-order valence-electron chi connectivity index (χ3n) is 3.77. The molecule has 5 nitrogen and oxygen atoms in total. The molecule has 2 heterocycles. The fourth-order valence-corrected chi connectivity index (χ4v) is 3.79. The predicted octanol–water partition coefficient (Wildman–Crippen LogP) is 1.72. The van der Waals surface area contributed by atoms with Gasteiger partial charge in [-0.05, 0) is 29.9 Å². The lowest BCUT2D eigenvalue weighted by Gasteiger charge is -2.26. The third kappa shape index (κ3) is 2.90. The fraction of sp³-hybridized carbons (Fsp3) is 0.615. The Hall–Kier alpha value is -1.14. The number of anilines is 1. The first kappa shape index (κ1) is 14.3. The normalized spacial score (nSPS) is 21.7. The molecule has 1 aliphatic heterocycles. The molecule has 1 aromatic rings. The summed E-state index contributed by atoms with van der Waals surface area (Å²) in [5, 5.41) is 0. The maximum absolute atomic E-state index is 12.5. The van der Waals surface area contributed by atoms with Crippen molar-refractivity contribution >= 4 is 15.8 Å². The van der Waals surface area contributed by atoms with Crippen LogP contribution in [-0.4, -0.2) is 30.8 Å². The summed E-state index contributed by atoms with van der Waals surface area (Å²) in [6.45, 7) is 7.61. The van der Waals surface area contributed by atoms with Gasteiger partial charge in [-0.25, -0.2) is 13.4 Å². The van der Waals surface area contributed by atoms with E-state index in [4.69, 9.17) is 5.73 Å². The van der Waals surface area contributed by atoms with Crippen molar-refractivity contribution < 1.29 is 8.42 Å². The van der Waals surface area contributed by atoms with Crippen molar-refractivity contribution in [2.75, 3.05) is 18.8 Å². The minimum Gasteiger partial charge on any atom is -0.384 e. The number of hydrogen-bond donors (Lipinski definition) is 1. The average Bonchev–Trinajstić information content (AvgIpc) is 2.79. The molecule has 6 heteroatoms. The van der Waals surface area contributed by atoms with Crippen LogP contribution in [0, 0.1) is 11.3 Å². The van der Waals surface area contributed by atoms with Gasteiger partial charge in [-0.15, -0.1) is 0 Å². The highest BCUT2D eigenvalue weighted by atomic mass is 32.2. The van der Waals surface area contributed by atoms with E-state index in [1.807, 2.05) is 0 Å². The van der Waals surface area contributed by atoms with Gasteiger partial charge in [-0.2, -0.15) is 4.31 Å². The van der Waals surface area contributed by atoms with Gasteiger partial charge >= 0.3 is 0 Å². The number of sulfonamides is 1. The summed E-state index contributed by atoms with van der Waals surface area (Å²) in [7, 11) is -3.43. The van der Waals surface area contributed by atoms with Crippen molar-refractivity contribution in [2.24, 2.45) is 11.3 Å². The molecular weight excluding hydrogens is 262 g/mol. The van der Waals surface area contributed by atoms with Gasteiger partial charge in [0.05, 0.1) is 0 Å². The highest BCUT2D eigenvalue weighted by Crippen LogP contribution is 2.35. The quantitative estimate of drug-likeness (QED) is 0.896. The second-order valence-corrected chi connectivity index (χ2v) is 8.07. The molecule has 106 valence electrons. The number of pyridine rings is 1. The van der Waals surface area contributed by atoms with Gasteiger partial charge in [0.25, 0.3) is 0 Å². The van der Waals surface area contributed by atoms with Gasteiger partial charge in [-0.1, -0.05) is 20.8 Å². The highest BCUT2D eigenvalue weighted by Gasteiger charge is 2.37. The molecule has 2 rings (SSSR count). The van der Waals surface area contributed by atoms with Crippen LogP contribution in [0.25, 0.3) is 0 Å². The molecule has 1 aliphatic rings. The molecule has 0 aromatic carbocycles. The standard InChI is InChI=1S/C13H21N3O2S/c1-13(2,3)10-6-7-16(9-10)19(17,18)11-4-5-12(14)15-8-11/h4-5,8,10H,6-7,9H2,1-3H3,(H2,14,15). The van der Waals surface area contributed by atoms with Gasteiger partial charge in [0.1, 0.15) is 10.7 Å². The molecular formula is C13H21N3O2S. The first-order valence-corrected chi connectivity index (χ1v) is 7.87. The first-order chi connectivity index (χ1) is 8.71. The van der Waals surface area contributed by atoms with Crippen molar-refractivity contribution in [1.82, 2.24) is 9.29 Å². The van der Waals surface area contributed by atoms with Crippen molar-refractivity contribution in [1.29, 1.82) is 0 Å². The number of hydrogen-bond acceptors (Lipinski definition) is 4. The second kappa shape index (κ2) is 4.76. The van der Waals surface area contributed by atoms with Gasteiger partial charge in [0.2, 0.25) is 10.0 Å². The minimum absolute atomic E-state index is 0.129. The van der Waals surface area contributed by atoms with Crippen LogP contribution in [0.3, 0.4) is 0 Å². The predicted molar refractivity (Wildman–Crippen MR) is 75.0 cm³/mol. The maximum Gasteiger partial charge on any atom is 0.244 e. The Kier molecular flexibility index (Phi) is 3.57. The molecule has 1 fully saturated rings. The molecule has 1 atom stereocenters. The zero-order valence-electron chi connectivity index (χ0n) is 11.6. The van der Waals surface area contributed by atoms with E-state index in [-0.39, 0.29) is 10.3 Å². The third-order valence-corrected chi connectivity index (χ3v) is 5.62. The van der Waals surface area contributed by atoms with Gasteiger partial charge in [-0.3, -0.25) is 0 Å². The Morgan fingerprint density at radius 3 is 2.53 bits per heavy atom. The zero-order chi connectivity index (χ0) is 14.3. The smallest absolute Gasteiger partial charge is 0.244 e. The van der Waals surface area contributed by atoms with Gasteiger partial charge in [0.15, 0.2) is 0 Å². The summed E-state index contributed by atoms with van der Waals surface area (Å²) >= 11 is 0. The van der Waals surface area contributed by atoms with Crippen LogP contribution < -0.4 is 5.73 Å². The molecule has 0 aliphatic carbocycles. The molecule has 0 spiro atoms. The highest BCUT2D eigenvalue weighted by molar-refractivity contribution is 7.89. The molecule has 1 aromatic heterocycles. The lowest BCUT2D eigenvalue weighted by molar-refractivity contribution is 0.252. The van der Waals surface area contributed by atoms with Crippen LogP contribution in [0.2, 0.25) is 0 Å². The van der Waals surface area contributed by atoms with E-state index in [2.05, 4.69) is 25.8 Å². The summed E-state index contributed by atoms with van der Waals surface area (Å²) in [5.74, 6) is 0.719. The van der Waals surface area contributed by atoms with E-state index in [9.17, 15) is 8.42 Å². The van der Waals surface area contributed by atoms with Crippen LogP contribution in [0.5, 0.6) is 0 Å². The number of nitrogen functional groups attached to an aromatic ring is 1. The average molecular weight is 283 g/mol. The second-order valence-electron chi connectivity index (χ2n) is 6.13. The first-order valence-electron chi connectivity index (χ1n) is 6.43. The summed E-state index contributed by atoms with van der Waals surface area (Å²) in [6, 6.07) is 3.03. The zero-order valence-corrected chi connectivity index (χ0v) is 12.4. The van der Waals surface area contributed by atoms with Crippen molar-refractivity contribution in [3.63, 3.8) is 0 Å². The number of aromatic nitrogens is 1. The SMILES string of the molecule is CC(C)(C)C1CCN(S(=O)(=O)c2ccc(N)nc2)C1. The number of nitrogens with two attached hydrogens (primary N) is 1. The minimum atomic E-state index is -3.43. The number of nitrogens with zero attached hydrogens (tertiary/aromatic N) is 2. The lowest BCUT2D eigenvalue weighted by Crippen LogP contribution is -2.31. The Morgan fingerprint density at radius 2 is 2.05 bits per heavy atom. The lowest BCUT2D eigenvalue weighted by atomic mass is 9.80. The van der Waals surface area contributed by atoms with E-state index < -0.39 is 10.0 Å². The monoisotopic (exact) mass is 283 g/mol. The Morgan fingerprint density at radius 1 is 1.37 bits per heavy atom. The molecule has 2 N–H and O–H groups in total. The summed E-state index contributed by atoms with van der Waals surface area (Å²) in [6.07, 6.45) is 2.24. The van der Waals surface area contributed by atoms with E-state index in [1.54, 1.807) is 4.31 Å². The summed E-state index contributed by atoms with van der Waals surface area (Å²) < 4.78 is 26.5. The fourth-order valence-electron chi connectivity index (χ4n) is 2.35. The summed E-state index contributed by atoms with van der Waals surface area (Å²) in [5.41, 5.74) is 5.61. The van der Waals surface area contributed by atoms with E-state index >= 15 is 0 Å². The van der Waals surface area contributed by atoms with Crippen molar-refractivity contribution in [3.05, 3.63) is 18.3 Å². The molecule has 0 bridgehead atoms. The Balaban J connectivity index is 2.21. The molecule has 0 amide bonds. The Bertz CT molecular complexity index is 546. The topological polar surface area (TPSA) is 76.3 Å². The van der Waals surface area contributed by atoms with E-state index in [1.165, 1.54) is 18.3 Å². The Labute approximate surface area is 114 Å². The molecule has 19 heavy (non-hydrogen) atoms. The van der Waals surface area contributed by atoms with Crippen LogP contribution in [0.4, 0.5) is 5.82 Å². The van der Waals surface area contributed by atoms with Gasteiger partial charge < -0.3 is 5.73 Å². The molecule has 0 radical (unpaired) electrons. The molecule has 1 saturated heterocycles. The van der Waals surface area contributed by atoms with Crippen LogP contribution >= 0.6 is 0 Å². The van der Waals surface area contributed by atoms with Crippen LogP contribution in [0.15, 0.2) is 23.2 Å². The maximum atomic E-state index is 12.5. The van der Waals surface area contributed by atoms with Crippen LogP contribution in [-0.2, 0) is 10.0 Å². The number of rotatable bonds is 2. The van der Waals surface area contributed by atoms with E-state index in [0.717, 1.165) is 6.42 Å². The van der Waals surface area contributed by atoms with Gasteiger partial charge in [0, 0.05) is 19.3 Å². The molecule has 1 unspecified atom stereocenters. The molecule has 0 saturated carbocycles.